The highest BCUT2D eigenvalue weighted by Crippen LogP contribution is 2.21. The van der Waals surface area contributed by atoms with Crippen molar-refractivity contribution in [1.29, 1.82) is 0 Å². The smallest absolute Gasteiger partial charge is 0.280 e. The van der Waals surface area contributed by atoms with Crippen molar-refractivity contribution in [2.45, 2.75) is 0 Å². The fourth-order valence-electron chi connectivity index (χ4n) is 3.01. The maximum absolute atomic E-state index is 14.4. The molecule has 138 valence electrons. The molecule has 0 amide bonds. The van der Waals surface area contributed by atoms with Crippen LogP contribution in [0.15, 0.2) is 89.7 Å². The van der Waals surface area contributed by atoms with Crippen molar-refractivity contribution in [1.82, 2.24) is 9.66 Å². The summed E-state index contributed by atoms with van der Waals surface area (Å²) in [6, 6.07) is 23.2. The van der Waals surface area contributed by atoms with Gasteiger partial charge in [0.15, 0.2) is 5.82 Å². The lowest BCUT2D eigenvalue weighted by atomic mass is 10.1. The predicted octanol–water partition coefficient (Wildman–Crippen LogP) is 4.46. The number of para-hydroxylation sites is 1. The van der Waals surface area contributed by atoms with Gasteiger partial charge in [-0.3, -0.25) is 4.79 Å². The number of hydrogen-bond acceptors (Lipinski definition) is 3. The SMILES string of the molecule is O=c1c2ccccc2nc(-c2ccccc2F)n1NC/C=C/c1ccccc1. The summed E-state index contributed by atoms with van der Waals surface area (Å²) in [5, 5.41) is 0.474. The van der Waals surface area contributed by atoms with Crippen molar-refractivity contribution in [3.63, 3.8) is 0 Å². The third-order valence-corrected chi connectivity index (χ3v) is 4.37. The molecule has 0 aliphatic rings. The van der Waals surface area contributed by atoms with Crippen molar-refractivity contribution in [3.05, 3.63) is 107 Å². The van der Waals surface area contributed by atoms with Crippen LogP contribution in [0.3, 0.4) is 0 Å². The average Bonchev–Trinajstić information content (AvgIpc) is 2.73. The van der Waals surface area contributed by atoms with E-state index in [2.05, 4.69) is 10.4 Å². The number of nitrogens with one attached hydrogen (secondary N) is 1. The lowest BCUT2D eigenvalue weighted by Gasteiger charge is -2.15. The monoisotopic (exact) mass is 371 g/mol. The minimum Gasteiger partial charge on any atom is -0.317 e. The van der Waals surface area contributed by atoms with E-state index in [4.69, 9.17) is 0 Å². The molecule has 0 aliphatic carbocycles. The second-order valence-corrected chi connectivity index (χ2v) is 6.25. The molecule has 4 nitrogen and oxygen atoms in total. The van der Waals surface area contributed by atoms with Gasteiger partial charge in [-0.25, -0.2) is 14.1 Å². The Balaban J connectivity index is 1.74. The van der Waals surface area contributed by atoms with Gasteiger partial charge in [-0.1, -0.05) is 66.7 Å². The van der Waals surface area contributed by atoms with Crippen molar-refractivity contribution in [2.75, 3.05) is 12.0 Å². The lowest BCUT2D eigenvalue weighted by molar-refractivity contribution is 0.628. The zero-order chi connectivity index (χ0) is 19.3. The van der Waals surface area contributed by atoms with E-state index >= 15 is 0 Å². The molecule has 0 fully saturated rings. The Labute approximate surface area is 161 Å². The summed E-state index contributed by atoms with van der Waals surface area (Å²) in [7, 11) is 0. The molecule has 0 aliphatic heterocycles. The largest absolute Gasteiger partial charge is 0.317 e. The molecule has 5 heteroatoms. The van der Waals surface area contributed by atoms with Gasteiger partial charge < -0.3 is 5.43 Å². The molecule has 0 saturated heterocycles. The Morgan fingerprint density at radius 2 is 1.64 bits per heavy atom. The van der Waals surface area contributed by atoms with E-state index in [0.717, 1.165) is 5.56 Å². The summed E-state index contributed by atoms with van der Waals surface area (Å²) in [5.74, 6) is -0.185. The lowest BCUT2D eigenvalue weighted by Crippen LogP contribution is -2.31. The highest BCUT2D eigenvalue weighted by molar-refractivity contribution is 5.79. The molecule has 0 unspecified atom stereocenters. The van der Waals surface area contributed by atoms with Crippen LogP contribution >= 0.6 is 0 Å². The Morgan fingerprint density at radius 1 is 0.929 bits per heavy atom. The zero-order valence-electron chi connectivity index (χ0n) is 15.0. The molecular weight excluding hydrogens is 353 g/mol. The number of benzene rings is 3. The Morgan fingerprint density at radius 3 is 2.46 bits per heavy atom. The number of hydrogen-bond donors (Lipinski definition) is 1. The minimum atomic E-state index is -0.431. The second-order valence-electron chi connectivity index (χ2n) is 6.25. The number of halogens is 1. The van der Waals surface area contributed by atoms with Gasteiger partial charge in [-0.05, 0) is 29.8 Å². The van der Waals surface area contributed by atoms with E-state index in [1.807, 2.05) is 42.5 Å². The molecular formula is C23H18FN3O. The molecule has 0 atom stereocenters. The van der Waals surface area contributed by atoms with Crippen molar-refractivity contribution in [3.8, 4) is 11.4 Å². The summed E-state index contributed by atoms with van der Waals surface area (Å²) in [6.45, 7) is 0.385. The van der Waals surface area contributed by atoms with E-state index in [-0.39, 0.29) is 16.9 Å². The van der Waals surface area contributed by atoms with E-state index in [9.17, 15) is 9.18 Å². The first-order chi connectivity index (χ1) is 13.7. The van der Waals surface area contributed by atoms with E-state index in [1.54, 1.807) is 42.5 Å². The predicted molar refractivity (Wildman–Crippen MR) is 111 cm³/mol. The molecule has 4 rings (SSSR count). The molecule has 4 aromatic rings. The average molecular weight is 371 g/mol. The van der Waals surface area contributed by atoms with Crippen LogP contribution in [0.5, 0.6) is 0 Å². The van der Waals surface area contributed by atoms with Gasteiger partial charge in [0.05, 0.1) is 16.5 Å². The van der Waals surface area contributed by atoms with Crippen LogP contribution in [0, 0.1) is 5.82 Å². The number of fused-ring (bicyclic) bond motifs is 1. The van der Waals surface area contributed by atoms with Crippen molar-refractivity contribution < 1.29 is 4.39 Å². The highest BCUT2D eigenvalue weighted by Gasteiger charge is 2.15. The first-order valence-electron chi connectivity index (χ1n) is 8.96. The molecule has 1 heterocycles. The van der Waals surface area contributed by atoms with E-state index in [0.29, 0.717) is 17.4 Å². The van der Waals surface area contributed by atoms with Crippen LogP contribution in [-0.4, -0.2) is 16.2 Å². The Kier molecular flexibility index (Phi) is 4.97. The first-order valence-corrected chi connectivity index (χ1v) is 8.96. The topological polar surface area (TPSA) is 46.9 Å². The van der Waals surface area contributed by atoms with Crippen LogP contribution < -0.4 is 11.0 Å². The summed E-state index contributed by atoms with van der Waals surface area (Å²) in [4.78, 5) is 17.6. The molecule has 0 spiro atoms. The Hall–Kier alpha value is -3.73. The van der Waals surface area contributed by atoms with Crippen LogP contribution in [0.2, 0.25) is 0 Å². The van der Waals surface area contributed by atoms with Crippen LogP contribution in [0.4, 0.5) is 4.39 Å². The highest BCUT2D eigenvalue weighted by atomic mass is 19.1. The third-order valence-electron chi connectivity index (χ3n) is 4.37. The molecule has 0 radical (unpaired) electrons. The van der Waals surface area contributed by atoms with Crippen LogP contribution in [0.1, 0.15) is 5.56 Å². The van der Waals surface area contributed by atoms with Crippen molar-refractivity contribution >= 4 is 17.0 Å². The summed E-state index contributed by atoms with van der Waals surface area (Å²) in [5.41, 5.74) is 4.65. The number of nitrogens with zero attached hydrogens (tertiary/aromatic N) is 2. The maximum atomic E-state index is 14.4. The van der Waals surface area contributed by atoms with Gasteiger partial charge in [0, 0.05) is 6.54 Å². The van der Waals surface area contributed by atoms with E-state index in [1.165, 1.54) is 10.7 Å². The standard InChI is InChI=1S/C23H18FN3O/c24-20-14-6-4-12-18(20)22-26-21-15-7-5-13-19(21)23(28)27(22)25-16-8-11-17-9-2-1-3-10-17/h1-15,25H,16H2/b11-8+. The van der Waals surface area contributed by atoms with Crippen LogP contribution in [-0.2, 0) is 0 Å². The second kappa shape index (κ2) is 7.88. The zero-order valence-corrected chi connectivity index (χ0v) is 15.0. The molecule has 1 N–H and O–H groups in total. The molecule has 3 aromatic carbocycles. The van der Waals surface area contributed by atoms with Gasteiger partial charge in [0.2, 0.25) is 0 Å². The van der Waals surface area contributed by atoms with E-state index < -0.39 is 5.82 Å². The van der Waals surface area contributed by atoms with Gasteiger partial charge in [0.25, 0.3) is 5.56 Å². The maximum Gasteiger partial charge on any atom is 0.280 e. The number of rotatable bonds is 5. The third kappa shape index (κ3) is 3.55. The molecule has 1 aromatic heterocycles. The first kappa shape index (κ1) is 17.7. The molecule has 0 bridgehead atoms. The Bertz CT molecular complexity index is 1200. The fraction of sp³-hybridized carbons (Fsp3) is 0.0435. The number of aromatic nitrogens is 2. The van der Waals surface area contributed by atoms with Crippen LogP contribution in [0.25, 0.3) is 28.4 Å². The van der Waals surface area contributed by atoms with Gasteiger partial charge >= 0.3 is 0 Å². The summed E-state index contributed by atoms with van der Waals surface area (Å²) in [6.07, 6.45) is 3.86. The molecule has 0 saturated carbocycles. The summed E-state index contributed by atoms with van der Waals surface area (Å²) >= 11 is 0. The molecule has 28 heavy (non-hydrogen) atoms. The summed E-state index contributed by atoms with van der Waals surface area (Å²) < 4.78 is 15.7. The van der Waals surface area contributed by atoms with Crippen molar-refractivity contribution in [2.24, 2.45) is 0 Å². The minimum absolute atomic E-state index is 0.245. The fourth-order valence-corrected chi connectivity index (χ4v) is 3.01. The quantitative estimate of drug-likeness (QED) is 0.563. The van der Waals surface area contributed by atoms with Gasteiger partial charge in [-0.15, -0.1) is 0 Å². The normalized spacial score (nSPS) is 11.2. The van der Waals surface area contributed by atoms with Gasteiger partial charge in [-0.2, -0.15) is 0 Å². The van der Waals surface area contributed by atoms with Gasteiger partial charge in [0.1, 0.15) is 5.82 Å².